The number of carbonyl (C=O) groups is 1. The first-order valence-corrected chi connectivity index (χ1v) is 13.0. The monoisotopic (exact) mass is 513 g/mol. The molecule has 0 heterocycles. The molecular weight excluding hydrogens is 486 g/mol. The number of nitrogens with zero attached hydrogens (tertiary/aromatic N) is 2. The molecule has 7 nitrogen and oxygen atoms in total. The number of hydrogen-bond donors (Lipinski definition) is 1. The number of methoxy groups -OCH3 is 1. The Morgan fingerprint density at radius 2 is 1.62 bits per heavy atom. The molecule has 37 heavy (non-hydrogen) atoms. The van der Waals surface area contributed by atoms with Gasteiger partial charge in [0.05, 0.1) is 36.0 Å². The van der Waals surface area contributed by atoms with Crippen LogP contribution in [0, 0.1) is 6.92 Å². The Bertz CT molecular complexity index is 1500. The van der Waals surface area contributed by atoms with E-state index in [0.29, 0.717) is 5.75 Å². The van der Waals surface area contributed by atoms with E-state index in [2.05, 4.69) is 10.5 Å². The third-order valence-electron chi connectivity index (χ3n) is 5.66. The van der Waals surface area contributed by atoms with Crippen LogP contribution in [0.1, 0.15) is 27.0 Å². The Kier molecular flexibility index (Phi) is 8.00. The van der Waals surface area contributed by atoms with E-state index in [0.717, 1.165) is 16.7 Å². The maximum absolute atomic E-state index is 13.9. The van der Waals surface area contributed by atoms with Crippen LogP contribution in [-0.4, -0.2) is 27.6 Å². The van der Waals surface area contributed by atoms with Gasteiger partial charge in [-0.05, 0) is 54.4 Å². The van der Waals surface area contributed by atoms with Crippen LogP contribution in [-0.2, 0) is 16.6 Å². The summed E-state index contributed by atoms with van der Waals surface area (Å²) in [6, 6.07) is 29.6. The summed E-state index contributed by atoms with van der Waals surface area (Å²) in [5, 5.41) is 4.08. The van der Waals surface area contributed by atoms with Crippen LogP contribution in [0.25, 0.3) is 0 Å². The number of amides is 1. The van der Waals surface area contributed by atoms with Crippen LogP contribution in [0.5, 0.6) is 5.75 Å². The molecule has 188 valence electrons. The van der Waals surface area contributed by atoms with Gasteiger partial charge in [0, 0.05) is 0 Å². The number of benzene rings is 4. The van der Waals surface area contributed by atoms with Gasteiger partial charge in [0.1, 0.15) is 5.75 Å². The minimum Gasteiger partial charge on any atom is -0.497 e. The smallest absolute Gasteiger partial charge is 0.273 e. The number of sulfonamides is 1. The van der Waals surface area contributed by atoms with Crippen molar-refractivity contribution in [3.8, 4) is 5.75 Å². The normalized spacial score (nSPS) is 11.3. The van der Waals surface area contributed by atoms with E-state index in [9.17, 15) is 13.2 Å². The first-order valence-electron chi connectivity index (χ1n) is 11.6. The first kappa shape index (κ1) is 25.7. The second kappa shape index (κ2) is 11.5. The Hall–Kier alpha value is -4.43. The minimum absolute atomic E-state index is 0.0338. The number of hydrazone groups is 1. The van der Waals surface area contributed by atoms with Crippen LogP contribution in [0.3, 0.4) is 0 Å². The van der Waals surface area contributed by atoms with Crippen molar-refractivity contribution in [3.63, 3.8) is 0 Å². The second-order valence-corrected chi connectivity index (χ2v) is 10.2. The average molecular weight is 514 g/mol. The van der Waals surface area contributed by atoms with Gasteiger partial charge in [0.25, 0.3) is 15.9 Å². The van der Waals surface area contributed by atoms with Crippen molar-refractivity contribution in [1.29, 1.82) is 0 Å². The summed E-state index contributed by atoms with van der Waals surface area (Å²) in [5.41, 5.74) is 5.62. The highest BCUT2D eigenvalue weighted by molar-refractivity contribution is 7.92. The van der Waals surface area contributed by atoms with Crippen molar-refractivity contribution in [2.24, 2.45) is 5.10 Å². The number of rotatable bonds is 9. The number of carbonyl (C=O) groups excluding carboxylic acids is 1. The van der Waals surface area contributed by atoms with E-state index in [4.69, 9.17) is 4.74 Å². The fourth-order valence-electron chi connectivity index (χ4n) is 3.78. The fraction of sp³-hybridized carbons (Fsp3) is 0.103. The van der Waals surface area contributed by atoms with Gasteiger partial charge in [-0.1, -0.05) is 72.3 Å². The van der Waals surface area contributed by atoms with Gasteiger partial charge in [-0.25, -0.2) is 13.8 Å². The zero-order valence-electron chi connectivity index (χ0n) is 20.5. The molecule has 0 aromatic heterocycles. The molecular formula is C29H27N3O4S. The third-order valence-corrected chi connectivity index (χ3v) is 7.43. The predicted molar refractivity (Wildman–Crippen MR) is 145 cm³/mol. The maximum atomic E-state index is 13.9. The van der Waals surface area contributed by atoms with E-state index in [1.165, 1.54) is 23.5 Å². The van der Waals surface area contributed by atoms with Crippen LogP contribution < -0.4 is 14.5 Å². The molecule has 0 saturated carbocycles. The predicted octanol–water partition coefficient (Wildman–Crippen LogP) is 5.16. The molecule has 0 fully saturated rings. The summed E-state index contributed by atoms with van der Waals surface area (Å²) in [6.07, 6.45) is 1.54. The molecule has 0 unspecified atom stereocenters. The van der Waals surface area contributed by atoms with Crippen LogP contribution in [0.15, 0.2) is 113 Å². The quantitative estimate of drug-likeness (QED) is 0.247. The SMILES string of the molecule is COc1ccc(S(=O)(=O)N(Cc2ccccc2)c2ccccc2C(=O)N/N=C\c2cccc(C)c2)cc1. The summed E-state index contributed by atoms with van der Waals surface area (Å²) in [4.78, 5) is 13.2. The number of para-hydroxylation sites is 1. The zero-order chi connectivity index (χ0) is 26.3. The summed E-state index contributed by atoms with van der Waals surface area (Å²) < 4.78 is 34.1. The lowest BCUT2D eigenvalue weighted by Gasteiger charge is -2.26. The van der Waals surface area contributed by atoms with Crippen molar-refractivity contribution in [2.75, 3.05) is 11.4 Å². The minimum atomic E-state index is -4.04. The van der Waals surface area contributed by atoms with Crippen molar-refractivity contribution >= 4 is 27.8 Å². The molecule has 4 aromatic carbocycles. The van der Waals surface area contributed by atoms with Gasteiger partial charge in [-0.15, -0.1) is 0 Å². The highest BCUT2D eigenvalue weighted by Crippen LogP contribution is 2.30. The molecule has 0 saturated heterocycles. The largest absolute Gasteiger partial charge is 0.497 e. The molecule has 0 aliphatic heterocycles. The van der Waals surface area contributed by atoms with E-state index in [1.807, 2.05) is 61.5 Å². The van der Waals surface area contributed by atoms with Gasteiger partial charge in [0.2, 0.25) is 0 Å². The van der Waals surface area contributed by atoms with Gasteiger partial charge in [-0.3, -0.25) is 9.10 Å². The molecule has 8 heteroatoms. The lowest BCUT2D eigenvalue weighted by atomic mass is 10.1. The number of hydrogen-bond acceptors (Lipinski definition) is 5. The van der Waals surface area contributed by atoms with E-state index < -0.39 is 15.9 Å². The molecule has 0 spiro atoms. The third kappa shape index (κ3) is 6.23. The Balaban J connectivity index is 1.70. The molecule has 0 radical (unpaired) electrons. The molecule has 0 bridgehead atoms. The highest BCUT2D eigenvalue weighted by Gasteiger charge is 2.28. The number of ether oxygens (including phenoxy) is 1. The van der Waals surface area contributed by atoms with E-state index in [1.54, 1.807) is 42.6 Å². The molecule has 0 aliphatic rings. The summed E-state index contributed by atoms with van der Waals surface area (Å²) >= 11 is 0. The molecule has 4 aromatic rings. The molecule has 1 N–H and O–H groups in total. The molecule has 0 atom stereocenters. The van der Waals surface area contributed by atoms with Gasteiger partial charge >= 0.3 is 0 Å². The maximum Gasteiger partial charge on any atom is 0.273 e. The van der Waals surface area contributed by atoms with Crippen LogP contribution >= 0.6 is 0 Å². The van der Waals surface area contributed by atoms with E-state index in [-0.39, 0.29) is 22.7 Å². The van der Waals surface area contributed by atoms with Crippen molar-refractivity contribution in [3.05, 3.63) is 125 Å². The average Bonchev–Trinajstić information content (AvgIpc) is 2.92. The Labute approximate surface area is 217 Å². The lowest BCUT2D eigenvalue weighted by molar-refractivity contribution is 0.0955. The molecule has 4 rings (SSSR count). The van der Waals surface area contributed by atoms with Gasteiger partial charge in [-0.2, -0.15) is 5.10 Å². The van der Waals surface area contributed by atoms with Gasteiger partial charge < -0.3 is 4.74 Å². The molecule has 0 aliphatic carbocycles. The highest BCUT2D eigenvalue weighted by atomic mass is 32.2. The first-order chi connectivity index (χ1) is 17.9. The number of anilines is 1. The summed E-state index contributed by atoms with van der Waals surface area (Å²) in [7, 11) is -2.53. The van der Waals surface area contributed by atoms with E-state index >= 15 is 0 Å². The lowest BCUT2D eigenvalue weighted by Crippen LogP contribution is -2.33. The van der Waals surface area contributed by atoms with Crippen molar-refractivity contribution in [1.82, 2.24) is 5.43 Å². The number of aryl methyl sites for hydroxylation is 1. The Morgan fingerprint density at radius 1 is 0.919 bits per heavy atom. The topological polar surface area (TPSA) is 88.1 Å². The standard InChI is InChI=1S/C29H27N3O4S/c1-22-9-8-12-24(19-22)20-30-31-29(33)27-13-6-7-14-28(27)32(21-23-10-4-3-5-11-23)37(34,35)26-17-15-25(36-2)16-18-26/h3-20H,21H2,1-2H3,(H,31,33)/b30-20-. The van der Waals surface area contributed by atoms with Gasteiger partial charge in [0.15, 0.2) is 0 Å². The fourth-order valence-corrected chi connectivity index (χ4v) is 5.25. The number of nitrogens with one attached hydrogen (secondary N) is 1. The Morgan fingerprint density at radius 3 is 2.32 bits per heavy atom. The van der Waals surface area contributed by atoms with Crippen molar-refractivity contribution in [2.45, 2.75) is 18.4 Å². The zero-order valence-corrected chi connectivity index (χ0v) is 21.4. The molecule has 1 amide bonds. The van der Waals surface area contributed by atoms with Crippen LogP contribution in [0.4, 0.5) is 5.69 Å². The van der Waals surface area contributed by atoms with Crippen LogP contribution in [0.2, 0.25) is 0 Å². The summed E-state index contributed by atoms with van der Waals surface area (Å²) in [6.45, 7) is 2.00. The second-order valence-electron chi connectivity index (χ2n) is 8.30. The van der Waals surface area contributed by atoms with Crippen molar-refractivity contribution < 1.29 is 17.9 Å². The summed E-state index contributed by atoms with van der Waals surface area (Å²) in [5.74, 6) is 0.0160.